The van der Waals surface area contributed by atoms with E-state index in [9.17, 15) is 0 Å². The van der Waals surface area contributed by atoms with Gasteiger partial charge in [-0.05, 0) is 47.5 Å². The maximum atomic E-state index is 5.77. The molecule has 0 saturated carbocycles. The molecule has 2 aromatic carbocycles. The second-order valence-electron chi connectivity index (χ2n) is 5.20. The first-order valence-corrected chi connectivity index (χ1v) is 7.13. The van der Waals surface area contributed by atoms with E-state index >= 15 is 0 Å². The second kappa shape index (κ2) is 5.94. The Morgan fingerprint density at radius 3 is 2.71 bits per heavy atom. The number of rotatable bonds is 4. The van der Waals surface area contributed by atoms with E-state index in [1.165, 1.54) is 21.9 Å². The Balaban J connectivity index is 1.98. The maximum absolute atomic E-state index is 5.77. The van der Waals surface area contributed by atoms with Crippen molar-refractivity contribution in [3.63, 3.8) is 0 Å². The van der Waals surface area contributed by atoms with Crippen molar-refractivity contribution in [2.45, 2.75) is 12.5 Å². The SMILES string of the molecule is CNC(Cc1ccnc(N)c1)c1cccc2ccccc12. The molecule has 1 aromatic heterocycles. The Kier molecular flexibility index (Phi) is 3.84. The zero-order valence-corrected chi connectivity index (χ0v) is 12.1. The van der Waals surface area contributed by atoms with Crippen molar-refractivity contribution in [3.05, 3.63) is 71.9 Å². The number of likely N-dealkylation sites (N-methyl/N-ethyl adjacent to an activating group) is 1. The fraction of sp³-hybridized carbons (Fsp3) is 0.167. The van der Waals surface area contributed by atoms with E-state index < -0.39 is 0 Å². The molecule has 1 unspecified atom stereocenters. The first kappa shape index (κ1) is 13.6. The lowest BCUT2D eigenvalue weighted by molar-refractivity contribution is 0.596. The van der Waals surface area contributed by atoms with E-state index in [4.69, 9.17) is 5.73 Å². The molecular formula is C18H19N3. The molecule has 0 fully saturated rings. The van der Waals surface area contributed by atoms with Gasteiger partial charge in [0.2, 0.25) is 0 Å². The Morgan fingerprint density at radius 2 is 1.90 bits per heavy atom. The minimum absolute atomic E-state index is 0.248. The fourth-order valence-corrected chi connectivity index (χ4v) is 2.78. The van der Waals surface area contributed by atoms with Gasteiger partial charge in [-0.2, -0.15) is 0 Å². The number of nitrogen functional groups attached to an aromatic ring is 1. The predicted molar refractivity (Wildman–Crippen MR) is 88.1 cm³/mol. The molecule has 0 aliphatic rings. The molecular weight excluding hydrogens is 258 g/mol. The average Bonchev–Trinajstić information content (AvgIpc) is 2.52. The van der Waals surface area contributed by atoms with Crippen molar-refractivity contribution in [1.29, 1.82) is 0 Å². The van der Waals surface area contributed by atoms with Crippen molar-refractivity contribution in [3.8, 4) is 0 Å². The van der Waals surface area contributed by atoms with Gasteiger partial charge in [0.1, 0.15) is 5.82 Å². The topological polar surface area (TPSA) is 50.9 Å². The summed E-state index contributed by atoms with van der Waals surface area (Å²) >= 11 is 0. The number of anilines is 1. The van der Waals surface area contributed by atoms with Crippen LogP contribution in [0.1, 0.15) is 17.2 Å². The first-order valence-electron chi connectivity index (χ1n) is 7.13. The van der Waals surface area contributed by atoms with Crippen LogP contribution in [0.25, 0.3) is 10.8 Å². The van der Waals surface area contributed by atoms with Crippen LogP contribution in [0.2, 0.25) is 0 Å². The molecule has 0 spiro atoms. The van der Waals surface area contributed by atoms with Gasteiger partial charge in [-0.15, -0.1) is 0 Å². The van der Waals surface area contributed by atoms with Crippen LogP contribution in [-0.2, 0) is 6.42 Å². The number of hydrogen-bond acceptors (Lipinski definition) is 3. The van der Waals surface area contributed by atoms with E-state index in [1.54, 1.807) is 6.20 Å². The van der Waals surface area contributed by atoms with E-state index in [0.29, 0.717) is 5.82 Å². The van der Waals surface area contributed by atoms with Crippen LogP contribution >= 0.6 is 0 Å². The molecule has 0 radical (unpaired) electrons. The molecule has 106 valence electrons. The normalized spacial score (nSPS) is 12.4. The minimum Gasteiger partial charge on any atom is -0.384 e. The van der Waals surface area contributed by atoms with Crippen LogP contribution in [0.3, 0.4) is 0 Å². The van der Waals surface area contributed by atoms with E-state index in [0.717, 1.165) is 6.42 Å². The third kappa shape index (κ3) is 2.88. The second-order valence-corrected chi connectivity index (χ2v) is 5.20. The highest BCUT2D eigenvalue weighted by Gasteiger charge is 2.13. The van der Waals surface area contributed by atoms with Gasteiger partial charge in [0.25, 0.3) is 0 Å². The van der Waals surface area contributed by atoms with Gasteiger partial charge >= 0.3 is 0 Å². The predicted octanol–water partition coefficient (Wildman–Crippen LogP) is 3.32. The Bertz CT molecular complexity index is 747. The zero-order valence-electron chi connectivity index (χ0n) is 12.1. The molecule has 21 heavy (non-hydrogen) atoms. The van der Waals surface area contributed by atoms with Crippen molar-refractivity contribution in [2.75, 3.05) is 12.8 Å². The highest BCUT2D eigenvalue weighted by Crippen LogP contribution is 2.26. The molecule has 0 aliphatic carbocycles. The Morgan fingerprint density at radius 1 is 1.10 bits per heavy atom. The lowest BCUT2D eigenvalue weighted by Gasteiger charge is -2.19. The summed E-state index contributed by atoms with van der Waals surface area (Å²) in [5, 5.41) is 5.98. The molecule has 3 N–H and O–H groups in total. The van der Waals surface area contributed by atoms with Crippen LogP contribution in [0, 0.1) is 0 Å². The quantitative estimate of drug-likeness (QED) is 0.769. The summed E-state index contributed by atoms with van der Waals surface area (Å²) in [6.07, 6.45) is 2.65. The Labute approximate surface area is 124 Å². The van der Waals surface area contributed by atoms with Gasteiger partial charge in [-0.3, -0.25) is 0 Å². The van der Waals surface area contributed by atoms with Crippen LogP contribution in [0.4, 0.5) is 5.82 Å². The summed E-state index contributed by atoms with van der Waals surface area (Å²) in [5.41, 5.74) is 8.27. The van der Waals surface area contributed by atoms with Gasteiger partial charge in [-0.1, -0.05) is 42.5 Å². The summed E-state index contributed by atoms with van der Waals surface area (Å²) in [5.74, 6) is 0.570. The molecule has 0 bridgehead atoms. The third-order valence-electron chi connectivity index (χ3n) is 3.83. The molecule has 3 heteroatoms. The largest absolute Gasteiger partial charge is 0.384 e. The number of aromatic nitrogens is 1. The lowest BCUT2D eigenvalue weighted by Crippen LogP contribution is -2.19. The number of pyridine rings is 1. The number of fused-ring (bicyclic) bond motifs is 1. The summed E-state index contributed by atoms with van der Waals surface area (Å²) in [6.45, 7) is 0. The number of nitrogens with two attached hydrogens (primary N) is 1. The van der Waals surface area contributed by atoms with Crippen molar-refractivity contribution in [1.82, 2.24) is 10.3 Å². The van der Waals surface area contributed by atoms with Crippen LogP contribution < -0.4 is 11.1 Å². The van der Waals surface area contributed by atoms with Gasteiger partial charge in [0.05, 0.1) is 0 Å². The summed E-state index contributed by atoms with van der Waals surface area (Å²) in [7, 11) is 2.00. The van der Waals surface area contributed by atoms with Crippen LogP contribution in [-0.4, -0.2) is 12.0 Å². The summed E-state index contributed by atoms with van der Waals surface area (Å²) in [6, 6.07) is 19.1. The first-order chi connectivity index (χ1) is 10.3. The molecule has 1 atom stereocenters. The monoisotopic (exact) mass is 277 g/mol. The van der Waals surface area contributed by atoms with Gasteiger partial charge in [0, 0.05) is 12.2 Å². The minimum atomic E-state index is 0.248. The zero-order chi connectivity index (χ0) is 14.7. The van der Waals surface area contributed by atoms with Crippen LogP contribution in [0.15, 0.2) is 60.8 Å². The van der Waals surface area contributed by atoms with Gasteiger partial charge < -0.3 is 11.1 Å². The Hall–Kier alpha value is -2.39. The van der Waals surface area contributed by atoms with Crippen LogP contribution in [0.5, 0.6) is 0 Å². The van der Waals surface area contributed by atoms with E-state index in [1.807, 2.05) is 19.2 Å². The number of nitrogens with zero attached hydrogens (tertiary/aromatic N) is 1. The molecule has 0 amide bonds. The summed E-state index contributed by atoms with van der Waals surface area (Å²) < 4.78 is 0. The number of hydrogen-bond donors (Lipinski definition) is 2. The molecule has 3 aromatic rings. The molecule has 0 aliphatic heterocycles. The fourth-order valence-electron chi connectivity index (χ4n) is 2.78. The van der Waals surface area contributed by atoms with Crippen molar-refractivity contribution >= 4 is 16.6 Å². The highest BCUT2D eigenvalue weighted by atomic mass is 14.9. The van der Waals surface area contributed by atoms with Crippen molar-refractivity contribution in [2.24, 2.45) is 0 Å². The van der Waals surface area contributed by atoms with Gasteiger partial charge in [0.15, 0.2) is 0 Å². The van der Waals surface area contributed by atoms with E-state index in [2.05, 4.69) is 52.8 Å². The molecule has 3 nitrogen and oxygen atoms in total. The average molecular weight is 277 g/mol. The molecule has 0 saturated heterocycles. The molecule has 1 heterocycles. The van der Waals surface area contributed by atoms with Gasteiger partial charge in [-0.25, -0.2) is 4.98 Å². The van der Waals surface area contributed by atoms with Crippen molar-refractivity contribution < 1.29 is 0 Å². The maximum Gasteiger partial charge on any atom is 0.123 e. The highest BCUT2D eigenvalue weighted by molar-refractivity contribution is 5.86. The summed E-state index contributed by atoms with van der Waals surface area (Å²) in [4.78, 5) is 4.05. The molecule has 3 rings (SSSR count). The standard InChI is InChI=1S/C18H19N3/c1-20-17(11-13-9-10-21-18(19)12-13)16-8-4-6-14-5-2-3-7-15(14)16/h2-10,12,17,20H,11H2,1H3,(H2,19,21). The number of nitrogens with one attached hydrogen (secondary N) is 1. The van der Waals surface area contributed by atoms with E-state index in [-0.39, 0.29) is 6.04 Å². The lowest BCUT2D eigenvalue weighted by atomic mass is 9.94. The smallest absolute Gasteiger partial charge is 0.123 e. The third-order valence-corrected chi connectivity index (χ3v) is 3.83. The number of benzene rings is 2.